The lowest BCUT2D eigenvalue weighted by molar-refractivity contribution is 0.349. The molecule has 0 aliphatic heterocycles. The third kappa shape index (κ3) is 12.5. The molecular formula is C25H40. The Balaban J connectivity index is 0.00000178. The molecule has 1 atom stereocenters. The van der Waals surface area contributed by atoms with E-state index >= 15 is 0 Å². The van der Waals surface area contributed by atoms with Gasteiger partial charge in [0.1, 0.15) is 0 Å². The van der Waals surface area contributed by atoms with E-state index in [2.05, 4.69) is 110 Å². The van der Waals surface area contributed by atoms with Crippen LogP contribution >= 0.6 is 0 Å². The molecule has 140 valence electrons. The summed E-state index contributed by atoms with van der Waals surface area (Å²) in [6, 6.07) is 8.98. The van der Waals surface area contributed by atoms with E-state index in [-0.39, 0.29) is 0 Å². The van der Waals surface area contributed by atoms with Crippen molar-refractivity contribution in [2.75, 3.05) is 0 Å². The molecule has 1 aromatic carbocycles. The fourth-order valence-electron chi connectivity index (χ4n) is 2.61. The first-order valence-corrected chi connectivity index (χ1v) is 9.84. The minimum absolute atomic E-state index is 0.381. The molecule has 1 rings (SSSR count). The molecule has 0 amide bonds. The Labute approximate surface area is 157 Å². The fraction of sp³-hybridized carbons (Fsp3) is 0.520. The monoisotopic (exact) mass is 340 g/mol. The second kappa shape index (κ2) is 12.8. The molecule has 25 heavy (non-hydrogen) atoms. The van der Waals surface area contributed by atoms with Crippen LogP contribution in [0.25, 0.3) is 6.08 Å². The molecule has 1 unspecified atom stereocenters. The highest BCUT2D eigenvalue weighted by Crippen LogP contribution is 2.30. The van der Waals surface area contributed by atoms with E-state index in [9.17, 15) is 0 Å². The minimum Gasteiger partial charge on any atom is -0.0848 e. The highest BCUT2D eigenvalue weighted by Gasteiger charge is 2.16. The summed E-state index contributed by atoms with van der Waals surface area (Å²) in [5, 5.41) is 0. The van der Waals surface area contributed by atoms with Crippen molar-refractivity contribution in [1.82, 2.24) is 0 Å². The van der Waals surface area contributed by atoms with Gasteiger partial charge in [0, 0.05) is 0 Å². The highest BCUT2D eigenvalue weighted by atomic mass is 14.2. The van der Waals surface area contributed by atoms with Gasteiger partial charge in [-0.05, 0) is 42.2 Å². The van der Waals surface area contributed by atoms with Gasteiger partial charge >= 0.3 is 0 Å². The van der Waals surface area contributed by atoms with Crippen molar-refractivity contribution in [2.45, 2.75) is 80.6 Å². The summed E-state index contributed by atoms with van der Waals surface area (Å²) in [5.41, 5.74) is 4.35. The number of benzene rings is 1. The van der Waals surface area contributed by atoms with Crippen LogP contribution in [0, 0.1) is 5.41 Å². The zero-order valence-corrected chi connectivity index (χ0v) is 17.9. The van der Waals surface area contributed by atoms with Crippen molar-refractivity contribution in [2.24, 2.45) is 5.41 Å². The van der Waals surface area contributed by atoms with Gasteiger partial charge in [-0.25, -0.2) is 0 Å². The molecule has 0 heteroatoms. The van der Waals surface area contributed by atoms with E-state index in [1.165, 1.54) is 29.5 Å². The van der Waals surface area contributed by atoms with E-state index in [0.717, 1.165) is 6.42 Å². The van der Waals surface area contributed by atoms with E-state index in [0.29, 0.717) is 11.3 Å². The van der Waals surface area contributed by atoms with Crippen molar-refractivity contribution in [3.63, 3.8) is 0 Å². The molecule has 0 heterocycles. The molecule has 0 radical (unpaired) electrons. The van der Waals surface area contributed by atoms with Crippen molar-refractivity contribution in [3.05, 3.63) is 65.3 Å². The Morgan fingerprint density at radius 2 is 1.60 bits per heavy atom. The first kappa shape index (κ1) is 23.4. The van der Waals surface area contributed by atoms with E-state index in [1.807, 2.05) is 0 Å². The summed E-state index contributed by atoms with van der Waals surface area (Å²) in [6.07, 6.45) is 14.4. The van der Waals surface area contributed by atoms with Gasteiger partial charge in [0.05, 0.1) is 0 Å². The Bertz CT molecular complexity index is 532. The zero-order chi connectivity index (χ0) is 19.3. The number of hydrogen-bond acceptors (Lipinski definition) is 0. The van der Waals surface area contributed by atoms with E-state index in [4.69, 9.17) is 0 Å². The molecule has 0 saturated carbocycles. The Morgan fingerprint density at radius 3 is 2.08 bits per heavy atom. The van der Waals surface area contributed by atoms with Crippen LogP contribution in [-0.2, 0) is 0 Å². The zero-order valence-electron chi connectivity index (χ0n) is 17.9. The lowest BCUT2D eigenvalue weighted by atomic mass is 9.82. The Kier molecular flexibility index (Phi) is 12.0. The summed E-state index contributed by atoms with van der Waals surface area (Å²) in [7, 11) is 0. The average Bonchev–Trinajstić information content (AvgIpc) is 2.53. The molecule has 1 aromatic rings. The van der Waals surface area contributed by atoms with Gasteiger partial charge in [-0.15, -0.1) is 0 Å². The molecule has 0 aromatic heterocycles. The first-order valence-electron chi connectivity index (χ1n) is 9.84. The van der Waals surface area contributed by atoms with Gasteiger partial charge in [-0.1, -0.05) is 115 Å². The van der Waals surface area contributed by atoms with Crippen LogP contribution in [0.15, 0.2) is 54.1 Å². The number of rotatable bonds is 6. The number of allylic oxidation sites excluding steroid dienone is 5. The largest absolute Gasteiger partial charge is 0.0848 e. The van der Waals surface area contributed by atoms with Crippen molar-refractivity contribution < 1.29 is 0 Å². The molecule has 0 bridgehead atoms. The SMILES string of the molecule is CCC.CC\C=C/C=C(C)/C=C/c1ccc(C(C)CC(C)(C)C)cc1. The second-order valence-electron chi connectivity index (χ2n) is 8.12. The maximum atomic E-state index is 2.32. The summed E-state index contributed by atoms with van der Waals surface area (Å²) in [4.78, 5) is 0. The van der Waals surface area contributed by atoms with Crippen LogP contribution in [0.3, 0.4) is 0 Å². The Morgan fingerprint density at radius 1 is 1.04 bits per heavy atom. The third-order valence-corrected chi connectivity index (χ3v) is 3.69. The standard InChI is InChI=1S/C22H32.C3H8/c1-7-8-9-10-18(2)11-12-20-13-15-21(16-14-20)19(3)17-22(4,5)6;1-3-2/h8-16,19H,7,17H2,1-6H3;3H2,1-2H3/b9-8-,12-11+,18-10+;. The maximum absolute atomic E-state index is 2.32. The molecule has 0 N–H and O–H groups in total. The van der Waals surface area contributed by atoms with Crippen LogP contribution in [0.5, 0.6) is 0 Å². The molecular weight excluding hydrogens is 300 g/mol. The predicted molar refractivity (Wildman–Crippen MR) is 117 cm³/mol. The van der Waals surface area contributed by atoms with E-state index < -0.39 is 0 Å². The van der Waals surface area contributed by atoms with Gasteiger partial charge in [-0.2, -0.15) is 0 Å². The number of hydrogen-bond donors (Lipinski definition) is 0. The van der Waals surface area contributed by atoms with Crippen LogP contribution in [0.4, 0.5) is 0 Å². The molecule has 0 aliphatic rings. The van der Waals surface area contributed by atoms with Crippen LogP contribution < -0.4 is 0 Å². The second-order valence-corrected chi connectivity index (χ2v) is 8.12. The topological polar surface area (TPSA) is 0 Å². The van der Waals surface area contributed by atoms with E-state index in [1.54, 1.807) is 0 Å². The summed E-state index contributed by atoms with van der Waals surface area (Å²) in [6.45, 7) is 17.8. The van der Waals surface area contributed by atoms with Gasteiger partial charge in [0.2, 0.25) is 0 Å². The van der Waals surface area contributed by atoms with Crippen LogP contribution in [0.2, 0.25) is 0 Å². The lowest BCUT2D eigenvalue weighted by Crippen LogP contribution is -2.09. The molecule has 0 saturated heterocycles. The van der Waals surface area contributed by atoms with Crippen molar-refractivity contribution in [3.8, 4) is 0 Å². The van der Waals surface area contributed by atoms with Gasteiger partial charge in [0.25, 0.3) is 0 Å². The van der Waals surface area contributed by atoms with Gasteiger partial charge in [0.15, 0.2) is 0 Å². The molecule has 0 aliphatic carbocycles. The van der Waals surface area contributed by atoms with Crippen molar-refractivity contribution >= 4 is 6.08 Å². The molecule has 0 spiro atoms. The van der Waals surface area contributed by atoms with Gasteiger partial charge < -0.3 is 0 Å². The average molecular weight is 341 g/mol. The van der Waals surface area contributed by atoms with Crippen molar-refractivity contribution in [1.29, 1.82) is 0 Å². The maximum Gasteiger partial charge on any atom is -0.0185 e. The smallest absolute Gasteiger partial charge is 0.0185 e. The normalized spacial score (nSPS) is 13.8. The quantitative estimate of drug-likeness (QED) is 0.455. The summed E-state index contributed by atoms with van der Waals surface area (Å²) < 4.78 is 0. The Hall–Kier alpha value is -1.56. The predicted octanol–water partition coefficient (Wildman–Crippen LogP) is 8.57. The lowest BCUT2D eigenvalue weighted by Gasteiger charge is -2.23. The summed E-state index contributed by atoms with van der Waals surface area (Å²) >= 11 is 0. The van der Waals surface area contributed by atoms with Gasteiger partial charge in [-0.3, -0.25) is 0 Å². The summed E-state index contributed by atoms with van der Waals surface area (Å²) in [5.74, 6) is 0.610. The molecule has 0 fully saturated rings. The van der Waals surface area contributed by atoms with Crippen LogP contribution in [-0.4, -0.2) is 0 Å². The first-order chi connectivity index (χ1) is 11.7. The fourth-order valence-corrected chi connectivity index (χ4v) is 2.61. The molecule has 0 nitrogen and oxygen atoms in total. The highest BCUT2D eigenvalue weighted by molar-refractivity contribution is 5.53. The third-order valence-electron chi connectivity index (χ3n) is 3.69. The van der Waals surface area contributed by atoms with Crippen LogP contribution in [0.1, 0.15) is 91.7 Å². The minimum atomic E-state index is 0.381.